The number of ether oxygens (including phenoxy) is 1. The Morgan fingerprint density at radius 1 is 1.33 bits per heavy atom. The number of ketones is 1. The second kappa shape index (κ2) is 6.04. The Bertz CT molecular complexity index is 817. The van der Waals surface area contributed by atoms with Crippen molar-refractivity contribution in [1.82, 2.24) is 4.98 Å². The van der Waals surface area contributed by atoms with Crippen molar-refractivity contribution >= 4 is 34.7 Å². The smallest absolute Gasteiger partial charge is 0.326 e. The zero-order chi connectivity index (χ0) is 17.4. The summed E-state index contributed by atoms with van der Waals surface area (Å²) in [6.45, 7) is 3.67. The van der Waals surface area contributed by atoms with E-state index in [0.29, 0.717) is 4.88 Å². The van der Waals surface area contributed by atoms with E-state index in [4.69, 9.17) is 10.5 Å². The van der Waals surface area contributed by atoms with Crippen LogP contribution in [0.3, 0.4) is 0 Å². The number of anilines is 1. The highest BCUT2D eigenvalue weighted by Gasteiger charge is 2.46. The third-order valence-corrected chi connectivity index (χ3v) is 4.35. The molecule has 7 nitrogen and oxygen atoms in total. The van der Waals surface area contributed by atoms with Crippen LogP contribution < -0.4 is 15.4 Å². The van der Waals surface area contributed by atoms with Crippen LogP contribution in [0.2, 0.25) is 0 Å². The fraction of sp³-hybridized carbons (Fsp3) is 0.250. The summed E-state index contributed by atoms with van der Waals surface area (Å²) in [6.07, 6.45) is -0.119. The Balaban J connectivity index is 2.09. The van der Waals surface area contributed by atoms with Gasteiger partial charge in [-0.15, -0.1) is 11.3 Å². The van der Waals surface area contributed by atoms with Gasteiger partial charge < -0.3 is 10.5 Å². The van der Waals surface area contributed by atoms with Gasteiger partial charge in [-0.25, -0.2) is 14.7 Å². The number of nitrogens with zero attached hydrogens (tertiary/aromatic N) is 2. The number of carbonyl (C=O) groups excluding carboxylic acids is 3. The van der Waals surface area contributed by atoms with E-state index in [0.717, 1.165) is 4.90 Å². The molecule has 8 heteroatoms. The van der Waals surface area contributed by atoms with Crippen LogP contribution in [0.5, 0.6) is 5.88 Å². The lowest BCUT2D eigenvalue weighted by Gasteiger charge is -2.12. The molecular weight excluding hydrogens is 330 g/mol. The number of hydrogen-bond acceptors (Lipinski definition) is 6. The highest BCUT2D eigenvalue weighted by atomic mass is 32.1. The molecule has 3 heterocycles. The number of carbonyl (C=O) groups is 3. The van der Waals surface area contributed by atoms with E-state index >= 15 is 0 Å². The van der Waals surface area contributed by atoms with Crippen molar-refractivity contribution in [2.24, 2.45) is 5.73 Å². The molecule has 0 aromatic carbocycles. The molecule has 0 fully saturated rings. The number of urea groups is 1. The van der Waals surface area contributed by atoms with Gasteiger partial charge in [-0.2, -0.15) is 0 Å². The normalized spacial score (nSPS) is 16.4. The first-order chi connectivity index (χ1) is 11.4. The number of hydrogen-bond donors (Lipinski definition) is 1. The Hall–Kier alpha value is -2.74. The number of nitrogens with two attached hydrogens (primary N) is 1. The number of Topliss-reactive ketones (excluding diaryl/α,β-unsaturated/α-hetero) is 1. The Kier molecular flexibility index (Phi) is 4.06. The van der Waals surface area contributed by atoms with Crippen molar-refractivity contribution < 1.29 is 19.1 Å². The maximum Gasteiger partial charge on any atom is 0.326 e. The van der Waals surface area contributed by atoms with Gasteiger partial charge in [-0.1, -0.05) is 6.07 Å². The van der Waals surface area contributed by atoms with Crippen LogP contribution in [0, 0.1) is 0 Å². The molecule has 0 spiro atoms. The van der Waals surface area contributed by atoms with Gasteiger partial charge in [0, 0.05) is 6.07 Å². The van der Waals surface area contributed by atoms with Gasteiger partial charge in [0.15, 0.2) is 5.78 Å². The highest BCUT2D eigenvalue weighted by molar-refractivity contribution is 7.12. The molecule has 0 radical (unpaired) electrons. The first-order valence-electron chi connectivity index (χ1n) is 7.29. The molecule has 3 amide bonds. The van der Waals surface area contributed by atoms with E-state index in [9.17, 15) is 14.4 Å². The number of imide groups is 1. The van der Waals surface area contributed by atoms with Crippen molar-refractivity contribution in [2.75, 3.05) is 4.90 Å². The number of pyridine rings is 1. The largest absolute Gasteiger partial charge is 0.475 e. The summed E-state index contributed by atoms with van der Waals surface area (Å²) in [5, 5.41) is 1.74. The molecule has 0 aliphatic carbocycles. The molecule has 3 rings (SSSR count). The summed E-state index contributed by atoms with van der Waals surface area (Å²) in [5.41, 5.74) is 5.71. The summed E-state index contributed by atoms with van der Waals surface area (Å²) in [4.78, 5) is 42.5. The van der Waals surface area contributed by atoms with Crippen LogP contribution in [0.1, 0.15) is 35.1 Å². The Labute approximate surface area is 142 Å². The maximum atomic E-state index is 12.7. The van der Waals surface area contributed by atoms with Gasteiger partial charge in [0.25, 0.3) is 5.91 Å². The van der Waals surface area contributed by atoms with Crippen LogP contribution in [-0.4, -0.2) is 28.8 Å². The minimum Gasteiger partial charge on any atom is -0.475 e. The van der Waals surface area contributed by atoms with Gasteiger partial charge in [-0.3, -0.25) is 9.59 Å². The van der Waals surface area contributed by atoms with E-state index in [-0.39, 0.29) is 23.4 Å². The highest BCUT2D eigenvalue weighted by Crippen LogP contribution is 2.39. The zero-order valence-corrected chi connectivity index (χ0v) is 13.9. The van der Waals surface area contributed by atoms with Crippen molar-refractivity contribution in [3.8, 4) is 5.88 Å². The van der Waals surface area contributed by atoms with Crippen molar-refractivity contribution in [1.29, 1.82) is 0 Å². The number of thiophene rings is 1. The van der Waals surface area contributed by atoms with Gasteiger partial charge in [0.1, 0.15) is 5.92 Å². The number of aromatic nitrogens is 1. The molecular formula is C16H15N3O4S. The molecule has 0 saturated heterocycles. The lowest BCUT2D eigenvalue weighted by atomic mass is 10.00. The van der Waals surface area contributed by atoms with Gasteiger partial charge in [0.05, 0.1) is 22.4 Å². The predicted molar refractivity (Wildman–Crippen MR) is 88.5 cm³/mol. The molecule has 1 unspecified atom stereocenters. The van der Waals surface area contributed by atoms with Crippen LogP contribution in [-0.2, 0) is 4.79 Å². The first-order valence-corrected chi connectivity index (χ1v) is 8.17. The van der Waals surface area contributed by atoms with Crippen LogP contribution >= 0.6 is 11.3 Å². The number of rotatable bonds is 4. The lowest BCUT2D eigenvalue weighted by Crippen LogP contribution is -2.40. The van der Waals surface area contributed by atoms with Crippen molar-refractivity contribution in [2.45, 2.75) is 25.9 Å². The average molecular weight is 345 g/mol. The van der Waals surface area contributed by atoms with Gasteiger partial charge in [-0.05, 0) is 31.4 Å². The summed E-state index contributed by atoms with van der Waals surface area (Å²) in [7, 11) is 0. The zero-order valence-electron chi connectivity index (χ0n) is 13.1. The second-order valence-electron chi connectivity index (χ2n) is 5.51. The standard InChI is InChI=1S/C16H15N3O4S/c1-8(2)23-11-6-5-9-13(18-11)12(15(21)19(9)16(17)22)14(20)10-4-3-7-24-10/h3-8,12H,1-2H3,(H2,17,22). The molecule has 1 aliphatic rings. The fourth-order valence-electron chi connectivity index (χ4n) is 2.55. The lowest BCUT2D eigenvalue weighted by molar-refractivity contribution is -0.117. The molecule has 2 N–H and O–H groups in total. The summed E-state index contributed by atoms with van der Waals surface area (Å²) >= 11 is 1.22. The van der Waals surface area contributed by atoms with Crippen LogP contribution in [0.4, 0.5) is 10.5 Å². The van der Waals surface area contributed by atoms with Gasteiger partial charge in [0.2, 0.25) is 5.88 Å². The minimum absolute atomic E-state index is 0.119. The molecule has 0 bridgehead atoms. The fourth-order valence-corrected chi connectivity index (χ4v) is 3.24. The van der Waals surface area contributed by atoms with Crippen LogP contribution in [0.15, 0.2) is 29.6 Å². The molecule has 24 heavy (non-hydrogen) atoms. The van der Waals surface area contributed by atoms with Crippen LogP contribution in [0.25, 0.3) is 0 Å². The maximum absolute atomic E-state index is 12.7. The van der Waals surface area contributed by atoms with E-state index in [2.05, 4.69) is 4.98 Å². The van der Waals surface area contributed by atoms with E-state index in [1.807, 2.05) is 13.8 Å². The van der Waals surface area contributed by atoms with Gasteiger partial charge >= 0.3 is 6.03 Å². The Morgan fingerprint density at radius 2 is 2.08 bits per heavy atom. The third-order valence-electron chi connectivity index (χ3n) is 3.46. The molecule has 124 valence electrons. The average Bonchev–Trinajstić information content (AvgIpc) is 3.11. The predicted octanol–water partition coefficient (Wildman–Crippen LogP) is 2.32. The van der Waals surface area contributed by atoms with E-state index < -0.39 is 23.6 Å². The number of fused-ring (bicyclic) bond motifs is 1. The molecule has 2 aromatic rings. The van der Waals surface area contributed by atoms with Crippen molar-refractivity contribution in [3.63, 3.8) is 0 Å². The summed E-state index contributed by atoms with van der Waals surface area (Å²) in [5.74, 6) is -2.01. The molecule has 1 atom stereocenters. The topological polar surface area (TPSA) is 103 Å². The monoisotopic (exact) mass is 345 g/mol. The number of amides is 3. The molecule has 1 aliphatic heterocycles. The number of primary amides is 1. The molecule has 0 saturated carbocycles. The quantitative estimate of drug-likeness (QED) is 0.677. The SMILES string of the molecule is CC(C)Oc1ccc2c(n1)C(C(=O)c1cccs1)C(=O)N2C(N)=O. The Morgan fingerprint density at radius 3 is 2.67 bits per heavy atom. The minimum atomic E-state index is -1.19. The third kappa shape index (κ3) is 2.65. The summed E-state index contributed by atoms with van der Waals surface area (Å²) in [6, 6.07) is 5.46. The summed E-state index contributed by atoms with van der Waals surface area (Å²) < 4.78 is 5.52. The molecule has 2 aromatic heterocycles. The van der Waals surface area contributed by atoms with E-state index in [1.54, 1.807) is 23.6 Å². The first kappa shape index (κ1) is 16.1. The van der Waals surface area contributed by atoms with E-state index in [1.165, 1.54) is 17.4 Å². The van der Waals surface area contributed by atoms with Crippen molar-refractivity contribution in [3.05, 3.63) is 40.2 Å². The second-order valence-corrected chi connectivity index (χ2v) is 6.45.